The van der Waals surface area contributed by atoms with Gasteiger partial charge in [0.05, 0.1) is 12.0 Å². The van der Waals surface area contributed by atoms with Crippen molar-refractivity contribution in [3.05, 3.63) is 0 Å². The predicted molar refractivity (Wildman–Crippen MR) is 89.8 cm³/mol. The van der Waals surface area contributed by atoms with Crippen LogP contribution in [0.2, 0.25) is 0 Å². The smallest absolute Gasteiger partial charge is 0.312 e. The van der Waals surface area contributed by atoms with Crippen LogP contribution in [0.5, 0.6) is 0 Å². The second-order valence-corrected chi connectivity index (χ2v) is 7.84. The summed E-state index contributed by atoms with van der Waals surface area (Å²) >= 11 is 0. The molecule has 4 heteroatoms. The van der Waals surface area contributed by atoms with Crippen LogP contribution in [0.25, 0.3) is 0 Å². The van der Waals surface area contributed by atoms with Crippen molar-refractivity contribution < 1.29 is 19.4 Å². The molecule has 1 heterocycles. The van der Waals surface area contributed by atoms with Gasteiger partial charge in [-0.15, -0.1) is 0 Å². The Morgan fingerprint density at radius 1 is 1.26 bits per heavy atom. The number of hydrogen-bond acceptors (Lipinski definition) is 4. The number of esters is 1. The summed E-state index contributed by atoms with van der Waals surface area (Å²) in [6.07, 6.45) is 6.70. The van der Waals surface area contributed by atoms with Crippen molar-refractivity contribution in [1.82, 2.24) is 0 Å². The third-order valence-electron chi connectivity index (χ3n) is 5.94. The molecule has 2 rings (SSSR count). The van der Waals surface area contributed by atoms with Crippen LogP contribution in [0.1, 0.15) is 79.1 Å². The Balaban J connectivity index is 2.10. The van der Waals surface area contributed by atoms with E-state index in [0.717, 1.165) is 44.9 Å². The first kappa shape index (κ1) is 18.7. The summed E-state index contributed by atoms with van der Waals surface area (Å²) < 4.78 is 11.9. The third-order valence-corrected chi connectivity index (χ3v) is 5.94. The van der Waals surface area contributed by atoms with Crippen LogP contribution in [0, 0.1) is 17.8 Å². The molecule has 4 nitrogen and oxygen atoms in total. The normalized spacial score (nSPS) is 34.9. The van der Waals surface area contributed by atoms with Crippen LogP contribution in [0.3, 0.4) is 0 Å². The van der Waals surface area contributed by atoms with Gasteiger partial charge in [0.15, 0.2) is 6.29 Å². The zero-order valence-electron chi connectivity index (χ0n) is 15.2. The highest BCUT2D eigenvalue weighted by Gasteiger charge is 2.43. The Morgan fingerprint density at radius 3 is 2.48 bits per heavy atom. The number of aliphatic hydroxyl groups is 1. The molecule has 0 aromatic rings. The van der Waals surface area contributed by atoms with E-state index >= 15 is 0 Å². The molecule has 2 fully saturated rings. The van der Waals surface area contributed by atoms with Gasteiger partial charge in [-0.25, -0.2) is 0 Å². The lowest BCUT2D eigenvalue weighted by Crippen LogP contribution is -2.45. The van der Waals surface area contributed by atoms with Gasteiger partial charge < -0.3 is 14.6 Å². The fourth-order valence-electron chi connectivity index (χ4n) is 4.05. The molecule has 0 radical (unpaired) electrons. The van der Waals surface area contributed by atoms with Gasteiger partial charge in [0.2, 0.25) is 0 Å². The summed E-state index contributed by atoms with van der Waals surface area (Å²) in [5, 5.41) is 10.0. The first-order valence-corrected chi connectivity index (χ1v) is 9.46. The molecule has 0 spiro atoms. The Morgan fingerprint density at radius 2 is 1.91 bits per heavy atom. The van der Waals surface area contributed by atoms with Gasteiger partial charge in [-0.2, -0.15) is 0 Å². The van der Waals surface area contributed by atoms with E-state index in [-0.39, 0.29) is 29.5 Å². The predicted octanol–water partition coefficient (Wildman–Crippen LogP) is 4.05. The molecule has 0 amide bonds. The van der Waals surface area contributed by atoms with Crippen LogP contribution in [0.15, 0.2) is 0 Å². The van der Waals surface area contributed by atoms with E-state index in [0.29, 0.717) is 5.92 Å². The zero-order valence-corrected chi connectivity index (χ0v) is 15.2. The second kappa shape index (κ2) is 7.98. The Bertz CT molecular complexity index is 387. The van der Waals surface area contributed by atoms with Crippen LogP contribution >= 0.6 is 0 Å². The maximum atomic E-state index is 12.9. The van der Waals surface area contributed by atoms with Gasteiger partial charge in [0.25, 0.3) is 0 Å². The number of hydrogen-bond donors (Lipinski definition) is 1. The van der Waals surface area contributed by atoms with E-state index in [1.807, 2.05) is 13.8 Å². The Labute approximate surface area is 140 Å². The van der Waals surface area contributed by atoms with Crippen LogP contribution in [-0.4, -0.2) is 29.1 Å². The van der Waals surface area contributed by atoms with Crippen molar-refractivity contribution in [2.45, 2.75) is 97.1 Å². The average molecular weight is 326 g/mol. The molecule has 0 aromatic carbocycles. The molecular weight excluding hydrogens is 292 g/mol. The summed E-state index contributed by atoms with van der Waals surface area (Å²) in [7, 11) is 0. The molecule has 2 aliphatic rings. The lowest BCUT2D eigenvalue weighted by Gasteiger charge is -2.41. The first-order chi connectivity index (χ1) is 10.9. The molecular formula is C19H34O4. The number of aliphatic hydroxyl groups excluding tert-OH is 1. The van der Waals surface area contributed by atoms with Crippen molar-refractivity contribution in [2.75, 3.05) is 0 Å². The number of ether oxygens (including phenoxy) is 2. The van der Waals surface area contributed by atoms with Gasteiger partial charge in [-0.3, -0.25) is 4.79 Å². The fourth-order valence-corrected chi connectivity index (χ4v) is 4.05. The lowest BCUT2D eigenvalue weighted by molar-refractivity contribution is -0.191. The largest absolute Gasteiger partial charge is 0.459 e. The monoisotopic (exact) mass is 326 g/mol. The summed E-state index contributed by atoms with van der Waals surface area (Å²) in [6.45, 7) is 8.30. The SMILES string of the molecule is CCC1OC(O)C(C)CCC1C(=O)OC1(C(C)C)CCCCC1. The lowest BCUT2D eigenvalue weighted by atomic mass is 9.77. The van der Waals surface area contributed by atoms with E-state index < -0.39 is 6.29 Å². The third kappa shape index (κ3) is 4.27. The topological polar surface area (TPSA) is 55.8 Å². The minimum absolute atomic E-state index is 0.0654. The van der Waals surface area contributed by atoms with E-state index in [1.165, 1.54) is 6.42 Å². The van der Waals surface area contributed by atoms with Crippen molar-refractivity contribution >= 4 is 5.97 Å². The van der Waals surface area contributed by atoms with E-state index in [2.05, 4.69) is 13.8 Å². The van der Waals surface area contributed by atoms with Crippen molar-refractivity contribution in [3.63, 3.8) is 0 Å². The number of carbonyl (C=O) groups excluding carboxylic acids is 1. The zero-order chi connectivity index (χ0) is 17.0. The van der Waals surface area contributed by atoms with Gasteiger partial charge in [-0.1, -0.05) is 34.1 Å². The van der Waals surface area contributed by atoms with Gasteiger partial charge >= 0.3 is 5.97 Å². The number of carbonyl (C=O) groups is 1. The van der Waals surface area contributed by atoms with Crippen LogP contribution in [-0.2, 0) is 14.3 Å². The standard InChI is InChI=1S/C19H34O4/c1-5-16-15(10-9-14(4)17(20)22-16)18(21)23-19(13(2)3)11-7-6-8-12-19/h13-17,20H,5-12H2,1-4H3. The van der Waals surface area contributed by atoms with Crippen LogP contribution < -0.4 is 0 Å². The van der Waals surface area contributed by atoms with Crippen molar-refractivity contribution in [1.29, 1.82) is 0 Å². The molecule has 1 saturated heterocycles. The first-order valence-electron chi connectivity index (χ1n) is 9.46. The molecule has 134 valence electrons. The molecule has 1 saturated carbocycles. The Kier molecular flexibility index (Phi) is 6.49. The van der Waals surface area contributed by atoms with Crippen molar-refractivity contribution in [2.24, 2.45) is 17.8 Å². The highest BCUT2D eigenvalue weighted by atomic mass is 16.6. The van der Waals surface area contributed by atoms with E-state index in [4.69, 9.17) is 9.47 Å². The summed E-state index contributed by atoms with van der Waals surface area (Å²) in [5.74, 6) is 0.0320. The molecule has 0 bridgehead atoms. The summed E-state index contributed by atoms with van der Waals surface area (Å²) in [5.41, 5.74) is -0.301. The number of rotatable bonds is 4. The van der Waals surface area contributed by atoms with Gasteiger partial charge in [0.1, 0.15) is 5.60 Å². The minimum Gasteiger partial charge on any atom is -0.459 e. The quantitative estimate of drug-likeness (QED) is 0.792. The maximum Gasteiger partial charge on any atom is 0.312 e. The Hall–Kier alpha value is -0.610. The van der Waals surface area contributed by atoms with Crippen molar-refractivity contribution in [3.8, 4) is 0 Å². The van der Waals surface area contributed by atoms with Gasteiger partial charge in [0, 0.05) is 5.92 Å². The molecule has 1 N–H and O–H groups in total. The fraction of sp³-hybridized carbons (Fsp3) is 0.947. The van der Waals surface area contributed by atoms with E-state index in [1.54, 1.807) is 0 Å². The summed E-state index contributed by atoms with van der Waals surface area (Å²) in [6, 6.07) is 0. The maximum absolute atomic E-state index is 12.9. The molecule has 0 aromatic heterocycles. The summed E-state index contributed by atoms with van der Waals surface area (Å²) in [4.78, 5) is 12.9. The molecule has 1 aliphatic heterocycles. The van der Waals surface area contributed by atoms with Crippen LogP contribution in [0.4, 0.5) is 0 Å². The molecule has 4 atom stereocenters. The molecule has 4 unspecified atom stereocenters. The van der Waals surface area contributed by atoms with Gasteiger partial charge in [-0.05, 0) is 50.9 Å². The minimum atomic E-state index is -0.772. The van der Waals surface area contributed by atoms with E-state index in [9.17, 15) is 9.90 Å². The highest BCUT2D eigenvalue weighted by molar-refractivity contribution is 5.73. The molecule has 23 heavy (non-hydrogen) atoms. The highest BCUT2D eigenvalue weighted by Crippen LogP contribution is 2.39. The average Bonchev–Trinajstić information content (AvgIpc) is 2.67. The molecule has 1 aliphatic carbocycles. The second-order valence-electron chi connectivity index (χ2n) is 7.84.